The van der Waals surface area contributed by atoms with Crippen LogP contribution in [0.3, 0.4) is 0 Å². The van der Waals surface area contributed by atoms with Crippen LogP contribution < -0.4 is 5.32 Å². The van der Waals surface area contributed by atoms with Gasteiger partial charge in [0.15, 0.2) is 0 Å². The van der Waals surface area contributed by atoms with Gasteiger partial charge in [-0.25, -0.2) is 9.97 Å². The smallest absolute Gasteiger partial charge is 0.129 e. The van der Waals surface area contributed by atoms with Crippen molar-refractivity contribution >= 4 is 17.3 Å². The van der Waals surface area contributed by atoms with Gasteiger partial charge in [0.05, 0.1) is 17.9 Å². The van der Waals surface area contributed by atoms with Crippen molar-refractivity contribution in [2.45, 2.75) is 33.4 Å². The fourth-order valence-corrected chi connectivity index (χ4v) is 2.03. The monoisotopic (exact) mass is 264 g/mol. The molecule has 2 aromatic heterocycles. The Balaban J connectivity index is 2.04. The molecule has 2 aromatic rings. The molecular formula is C13H17ClN4. The van der Waals surface area contributed by atoms with Gasteiger partial charge in [0, 0.05) is 18.9 Å². The SMILES string of the molecule is CCCn1ccnc1CNc1ccc(Cl)nc1C. The van der Waals surface area contributed by atoms with Crippen LogP contribution in [0.4, 0.5) is 5.69 Å². The zero-order chi connectivity index (χ0) is 13.0. The molecule has 0 aliphatic rings. The highest BCUT2D eigenvalue weighted by Gasteiger charge is 2.04. The lowest BCUT2D eigenvalue weighted by atomic mass is 10.3. The Bertz CT molecular complexity index is 521. The number of aromatic nitrogens is 3. The van der Waals surface area contributed by atoms with Gasteiger partial charge in [-0.1, -0.05) is 18.5 Å². The maximum Gasteiger partial charge on any atom is 0.129 e. The molecule has 0 fully saturated rings. The molecule has 96 valence electrons. The molecule has 18 heavy (non-hydrogen) atoms. The maximum atomic E-state index is 5.83. The number of rotatable bonds is 5. The van der Waals surface area contributed by atoms with E-state index in [1.807, 2.05) is 25.4 Å². The summed E-state index contributed by atoms with van der Waals surface area (Å²) in [7, 11) is 0. The maximum absolute atomic E-state index is 5.83. The Labute approximate surface area is 112 Å². The van der Waals surface area contributed by atoms with Gasteiger partial charge in [0.2, 0.25) is 0 Å². The summed E-state index contributed by atoms with van der Waals surface area (Å²) in [4.78, 5) is 8.56. The van der Waals surface area contributed by atoms with Crippen molar-refractivity contribution in [3.63, 3.8) is 0 Å². The number of hydrogen-bond acceptors (Lipinski definition) is 3. The second kappa shape index (κ2) is 5.87. The highest BCUT2D eigenvalue weighted by Crippen LogP contribution is 2.16. The summed E-state index contributed by atoms with van der Waals surface area (Å²) in [5.41, 5.74) is 1.89. The van der Waals surface area contributed by atoms with E-state index < -0.39 is 0 Å². The highest BCUT2D eigenvalue weighted by atomic mass is 35.5. The fourth-order valence-electron chi connectivity index (χ4n) is 1.84. The minimum absolute atomic E-state index is 0.519. The van der Waals surface area contributed by atoms with Crippen LogP contribution in [-0.4, -0.2) is 14.5 Å². The Morgan fingerprint density at radius 2 is 2.22 bits per heavy atom. The highest BCUT2D eigenvalue weighted by molar-refractivity contribution is 6.29. The number of anilines is 1. The third-order valence-corrected chi connectivity index (χ3v) is 2.97. The van der Waals surface area contributed by atoms with Gasteiger partial charge in [-0.3, -0.25) is 0 Å². The van der Waals surface area contributed by atoms with E-state index >= 15 is 0 Å². The Morgan fingerprint density at radius 3 is 2.94 bits per heavy atom. The molecular weight excluding hydrogens is 248 g/mol. The van der Waals surface area contributed by atoms with Crippen LogP contribution in [0.15, 0.2) is 24.5 Å². The number of nitrogens with one attached hydrogen (secondary N) is 1. The van der Waals surface area contributed by atoms with E-state index in [9.17, 15) is 0 Å². The van der Waals surface area contributed by atoms with Crippen LogP contribution in [0, 0.1) is 6.92 Å². The lowest BCUT2D eigenvalue weighted by Crippen LogP contribution is -2.09. The number of pyridine rings is 1. The average molecular weight is 265 g/mol. The number of halogens is 1. The third-order valence-electron chi connectivity index (χ3n) is 2.75. The first kappa shape index (κ1) is 12.9. The molecule has 0 saturated carbocycles. The summed E-state index contributed by atoms with van der Waals surface area (Å²) in [6.07, 6.45) is 4.94. The summed E-state index contributed by atoms with van der Waals surface area (Å²) in [5.74, 6) is 1.03. The van der Waals surface area contributed by atoms with Crippen LogP contribution in [0.5, 0.6) is 0 Å². The fraction of sp³-hybridized carbons (Fsp3) is 0.385. The number of imidazole rings is 1. The van der Waals surface area contributed by atoms with Crippen molar-refractivity contribution in [1.29, 1.82) is 0 Å². The summed E-state index contributed by atoms with van der Waals surface area (Å²) >= 11 is 5.83. The normalized spacial score (nSPS) is 10.6. The molecule has 2 heterocycles. The predicted octanol–water partition coefficient (Wildman–Crippen LogP) is 3.26. The first-order chi connectivity index (χ1) is 8.70. The predicted molar refractivity (Wildman–Crippen MR) is 73.8 cm³/mol. The van der Waals surface area contributed by atoms with E-state index in [1.165, 1.54) is 0 Å². The minimum atomic E-state index is 0.519. The molecule has 0 radical (unpaired) electrons. The largest absolute Gasteiger partial charge is 0.376 e. The first-order valence-electron chi connectivity index (χ1n) is 6.07. The van der Waals surface area contributed by atoms with Crippen molar-refractivity contribution in [2.24, 2.45) is 0 Å². The second-order valence-electron chi connectivity index (χ2n) is 4.16. The molecule has 4 nitrogen and oxygen atoms in total. The molecule has 0 aliphatic carbocycles. The van der Waals surface area contributed by atoms with Crippen molar-refractivity contribution in [3.05, 3.63) is 41.2 Å². The molecule has 0 spiro atoms. The summed E-state index contributed by atoms with van der Waals surface area (Å²) < 4.78 is 2.16. The first-order valence-corrected chi connectivity index (χ1v) is 6.45. The lowest BCUT2D eigenvalue weighted by molar-refractivity contribution is 0.644. The van der Waals surface area contributed by atoms with Crippen LogP contribution in [0.1, 0.15) is 24.9 Å². The Morgan fingerprint density at radius 1 is 1.39 bits per heavy atom. The van der Waals surface area contributed by atoms with Crippen LogP contribution in [0.2, 0.25) is 5.15 Å². The standard InChI is InChI=1S/C13H17ClN4/c1-3-7-18-8-6-15-13(18)9-16-11-4-5-12(14)17-10(11)2/h4-6,8,16H,3,7,9H2,1-2H3. The van der Waals surface area contributed by atoms with Crippen molar-refractivity contribution in [1.82, 2.24) is 14.5 Å². The van der Waals surface area contributed by atoms with Gasteiger partial charge in [0.25, 0.3) is 0 Å². The van der Waals surface area contributed by atoms with E-state index in [-0.39, 0.29) is 0 Å². The van der Waals surface area contributed by atoms with Gasteiger partial charge >= 0.3 is 0 Å². The molecule has 2 rings (SSSR count). The molecule has 0 unspecified atom stereocenters. The minimum Gasteiger partial charge on any atom is -0.376 e. The van der Waals surface area contributed by atoms with Gasteiger partial charge in [-0.05, 0) is 25.5 Å². The van der Waals surface area contributed by atoms with Gasteiger partial charge < -0.3 is 9.88 Å². The van der Waals surface area contributed by atoms with Crippen molar-refractivity contribution < 1.29 is 0 Å². The van der Waals surface area contributed by atoms with Crippen LogP contribution >= 0.6 is 11.6 Å². The molecule has 0 saturated heterocycles. The second-order valence-corrected chi connectivity index (χ2v) is 4.54. The Hall–Kier alpha value is -1.55. The Kier molecular flexibility index (Phi) is 4.20. The summed E-state index contributed by atoms with van der Waals surface area (Å²) in [6.45, 7) is 5.78. The molecule has 0 aromatic carbocycles. The molecule has 5 heteroatoms. The van der Waals surface area contributed by atoms with E-state index in [0.29, 0.717) is 11.7 Å². The summed E-state index contributed by atoms with van der Waals surface area (Å²) in [5, 5.41) is 3.86. The molecule has 1 N–H and O–H groups in total. The zero-order valence-corrected chi connectivity index (χ0v) is 11.4. The number of hydrogen-bond donors (Lipinski definition) is 1. The van der Waals surface area contributed by atoms with E-state index in [4.69, 9.17) is 11.6 Å². The zero-order valence-electron chi connectivity index (χ0n) is 10.7. The molecule has 0 aliphatic heterocycles. The van der Waals surface area contributed by atoms with Gasteiger partial charge in [-0.2, -0.15) is 0 Å². The van der Waals surface area contributed by atoms with Crippen LogP contribution in [0.25, 0.3) is 0 Å². The average Bonchev–Trinajstić information content (AvgIpc) is 2.76. The van der Waals surface area contributed by atoms with Crippen molar-refractivity contribution in [2.75, 3.05) is 5.32 Å². The quantitative estimate of drug-likeness (QED) is 0.843. The topological polar surface area (TPSA) is 42.7 Å². The van der Waals surface area contributed by atoms with Crippen LogP contribution in [-0.2, 0) is 13.1 Å². The lowest BCUT2D eigenvalue weighted by Gasteiger charge is -2.10. The number of nitrogens with zero attached hydrogens (tertiary/aromatic N) is 3. The number of aryl methyl sites for hydroxylation is 2. The molecule has 0 bridgehead atoms. The third kappa shape index (κ3) is 3.01. The summed E-state index contributed by atoms with van der Waals surface area (Å²) in [6, 6.07) is 3.73. The van der Waals surface area contributed by atoms with E-state index in [0.717, 1.165) is 30.2 Å². The van der Waals surface area contributed by atoms with E-state index in [2.05, 4.69) is 26.8 Å². The van der Waals surface area contributed by atoms with Gasteiger partial charge in [0.1, 0.15) is 11.0 Å². The van der Waals surface area contributed by atoms with E-state index in [1.54, 1.807) is 6.07 Å². The molecule has 0 amide bonds. The van der Waals surface area contributed by atoms with Gasteiger partial charge in [-0.15, -0.1) is 0 Å². The molecule has 0 atom stereocenters. The van der Waals surface area contributed by atoms with Crippen molar-refractivity contribution in [3.8, 4) is 0 Å².